The average molecular weight is 240 g/mol. The van der Waals surface area contributed by atoms with Crippen LogP contribution in [0.2, 0.25) is 10.2 Å². The molecule has 0 aliphatic carbocycles. The first-order valence-electron chi connectivity index (χ1n) is 4.83. The van der Waals surface area contributed by atoms with Gasteiger partial charge in [-0.3, -0.25) is 0 Å². The maximum absolute atomic E-state index is 5.93. The summed E-state index contributed by atoms with van der Waals surface area (Å²) in [6, 6.07) is 8.02. The summed E-state index contributed by atoms with van der Waals surface area (Å²) in [6.07, 6.45) is 0. The Morgan fingerprint density at radius 2 is 1.87 bits per heavy atom. The van der Waals surface area contributed by atoms with Crippen LogP contribution in [0.4, 0.5) is 0 Å². The van der Waals surface area contributed by atoms with Crippen LogP contribution in [-0.4, -0.2) is 4.98 Å². The third-order valence-corrected chi connectivity index (χ3v) is 3.09. The fourth-order valence-electron chi connectivity index (χ4n) is 1.50. The van der Waals surface area contributed by atoms with Gasteiger partial charge in [0.05, 0.1) is 10.5 Å². The number of rotatable bonds is 1. The molecular formula is C12H11Cl2N. The van der Waals surface area contributed by atoms with Gasteiger partial charge in [0.25, 0.3) is 0 Å². The van der Waals surface area contributed by atoms with E-state index in [2.05, 4.69) is 31.0 Å². The van der Waals surface area contributed by atoms with Gasteiger partial charge in [0, 0.05) is 5.39 Å². The monoisotopic (exact) mass is 239 g/mol. The molecular weight excluding hydrogens is 229 g/mol. The lowest BCUT2D eigenvalue weighted by Crippen LogP contribution is -1.88. The third-order valence-electron chi connectivity index (χ3n) is 2.42. The molecule has 0 fully saturated rings. The van der Waals surface area contributed by atoms with E-state index in [1.165, 1.54) is 5.56 Å². The minimum atomic E-state index is 0.362. The molecule has 1 aromatic carbocycles. The quantitative estimate of drug-likeness (QED) is 0.660. The summed E-state index contributed by atoms with van der Waals surface area (Å²) in [7, 11) is 0. The highest BCUT2D eigenvalue weighted by atomic mass is 35.5. The highest BCUT2D eigenvalue weighted by molar-refractivity contribution is 6.41. The zero-order valence-corrected chi connectivity index (χ0v) is 10.1. The first-order valence-corrected chi connectivity index (χ1v) is 5.59. The Kier molecular flexibility index (Phi) is 2.85. The van der Waals surface area contributed by atoms with Crippen LogP contribution in [0.5, 0.6) is 0 Å². The van der Waals surface area contributed by atoms with Crippen molar-refractivity contribution in [2.24, 2.45) is 0 Å². The first-order chi connectivity index (χ1) is 7.08. The number of hydrogen-bond donors (Lipinski definition) is 0. The summed E-state index contributed by atoms with van der Waals surface area (Å²) in [4.78, 5) is 4.21. The van der Waals surface area contributed by atoms with Crippen molar-refractivity contribution in [2.75, 3.05) is 0 Å². The molecule has 0 spiro atoms. The molecule has 0 atom stereocenters. The van der Waals surface area contributed by atoms with Gasteiger partial charge in [-0.05, 0) is 29.7 Å². The van der Waals surface area contributed by atoms with E-state index >= 15 is 0 Å². The van der Waals surface area contributed by atoms with Gasteiger partial charge in [0.1, 0.15) is 5.15 Å². The molecule has 1 aromatic heterocycles. The second kappa shape index (κ2) is 3.99. The molecule has 0 N–H and O–H groups in total. The molecule has 1 heterocycles. The van der Waals surface area contributed by atoms with Crippen LogP contribution in [0.15, 0.2) is 24.3 Å². The normalized spacial score (nSPS) is 11.3. The number of aromatic nitrogens is 1. The number of pyridine rings is 1. The highest BCUT2D eigenvalue weighted by Gasteiger charge is 2.05. The van der Waals surface area contributed by atoms with Gasteiger partial charge in [-0.1, -0.05) is 43.1 Å². The molecule has 0 saturated heterocycles. The fraction of sp³-hybridized carbons (Fsp3) is 0.250. The van der Waals surface area contributed by atoms with E-state index in [9.17, 15) is 0 Å². The van der Waals surface area contributed by atoms with Crippen molar-refractivity contribution < 1.29 is 0 Å². The van der Waals surface area contributed by atoms with E-state index in [4.69, 9.17) is 23.2 Å². The van der Waals surface area contributed by atoms with Crippen LogP contribution < -0.4 is 0 Å². The Hall–Kier alpha value is -0.790. The second-order valence-corrected chi connectivity index (χ2v) is 4.63. The largest absolute Gasteiger partial charge is 0.235 e. The molecule has 78 valence electrons. The van der Waals surface area contributed by atoms with Gasteiger partial charge in [-0.15, -0.1) is 0 Å². The topological polar surface area (TPSA) is 12.9 Å². The molecule has 0 amide bonds. The van der Waals surface area contributed by atoms with Crippen molar-refractivity contribution in [3.05, 3.63) is 40.0 Å². The molecule has 0 unspecified atom stereocenters. The van der Waals surface area contributed by atoms with Crippen molar-refractivity contribution in [1.82, 2.24) is 4.98 Å². The zero-order chi connectivity index (χ0) is 11.0. The molecule has 0 radical (unpaired) electrons. The smallest absolute Gasteiger partial charge is 0.148 e. The molecule has 15 heavy (non-hydrogen) atoms. The number of benzene rings is 1. The van der Waals surface area contributed by atoms with Gasteiger partial charge in [0.15, 0.2) is 0 Å². The molecule has 0 bridgehead atoms. The first kappa shape index (κ1) is 10.7. The van der Waals surface area contributed by atoms with Crippen LogP contribution in [0.3, 0.4) is 0 Å². The van der Waals surface area contributed by atoms with Gasteiger partial charge < -0.3 is 0 Å². The van der Waals surface area contributed by atoms with Gasteiger partial charge >= 0.3 is 0 Å². The van der Waals surface area contributed by atoms with Crippen LogP contribution in [0.1, 0.15) is 25.3 Å². The fourth-order valence-corrected chi connectivity index (χ4v) is 1.81. The second-order valence-electron chi connectivity index (χ2n) is 3.87. The molecule has 2 aromatic rings. The lowest BCUT2D eigenvalue weighted by Gasteiger charge is -2.07. The Morgan fingerprint density at radius 1 is 1.13 bits per heavy atom. The minimum Gasteiger partial charge on any atom is -0.235 e. The SMILES string of the molecule is CC(C)c1ccc2nc(Cl)c(Cl)cc2c1. The van der Waals surface area contributed by atoms with Crippen molar-refractivity contribution >= 4 is 34.1 Å². The Bertz CT molecular complexity index is 506. The lowest BCUT2D eigenvalue weighted by atomic mass is 10.0. The van der Waals surface area contributed by atoms with Crippen LogP contribution in [-0.2, 0) is 0 Å². The van der Waals surface area contributed by atoms with E-state index < -0.39 is 0 Å². The summed E-state index contributed by atoms with van der Waals surface area (Å²) in [5.74, 6) is 0.504. The highest BCUT2D eigenvalue weighted by Crippen LogP contribution is 2.26. The molecule has 0 saturated carbocycles. The van der Waals surface area contributed by atoms with Crippen LogP contribution >= 0.6 is 23.2 Å². The van der Waals surface area contributed by atoms with Gasteiger partial charge in [-0.2, -0.15) is 0 Å². The van der Waals surface area contributed by atoms with Crippen LogP contribution in [0, 0.1) is 0 Å². The zero-order valence-electron chi connectivity index (χ0n) is 8.59. The number of fused-ring (bicyclic) bond motifs is 1. The van der Waals surface area contributed by atoms with Gasteiger partial charge in [0.2, 0.25) is 0 Å². The standard InChI is InChI=1S/C12H11Cl2N/c1-7(2)8-3-4-11-9(5-8)6-10(13)12(14)15-11/h3-7H,1-2H3. The summed E-state index contributed by atoms with van der Waals surface area (Å²) >= 11 is 11.8. The summed E-state index contributed by atoms with van der Waals surface area (Å²) in [5.41, 5.74) is 2.16. The average Bonchev–Trinajstić information content (AvgIpc) is 2.19. The number of halogens is 2. The molecule has 1 nitrogen and oxygen atoms in total. The molecule has 3 heteroatoms. The van der Waals surface area contributed by atoms with Crippen molar-refractivity contribution in [3.8, 4) is 0 Å². The Labute approximate surface area is 99.0 Å². The lowest BCUT2D eigenvalue weighted by molar-refractivity contribution is 0.868. The Morgan fingerprint density at radius 3 is 2.53 bits per heavy atom. The van der Waals surface area contributed by atoms with Crippen molar-refractivity contribution in [2.45, 2.75) is 19.8 Å². The van der Waals surface area contributed by atoms with Gasteiger partial charge in [-0.25, -0.2) is 4.98 Å². The van der Waals surface area contributed by atoms with E-state index in [1.807, 2.05) is 12.1 Å². The summed E-state index contributed by atoms with van der Waals surface area (Å²) in [5, 5.41) is 1.90. The third kappa shape index (κ3) is 2.09. The van der Waals surface area contributed by atoms with E-state index in [1.54, 1.807) is 0 Å². The minimum absolute atomic E-state index is 0.362. The maximum Gasteiger partial charge on any atom is 0.148 e. The van der Waals surface area contributed by atoms with E-state index in [0.717, 1.165) is 10.9 Å². The summed E-state index contributed by atoms with van der Waals surface area (Å²) in [6.45, 7) is 4.32. The molecule has 0 aliphatic rings. The molecule has 2 rings (SSSR count). The van der Waals surface area contributed by atoms with Crippen molar-refractivity contribution in [1.29, 1.82) is 0 Å². The predicted molar refractivity (Wildman–Crippen MR) is 65.9 cm³/mol. The summed E-state index contributed by atoms with van der Waals surface area (Å²) < 4.78 is 0. The van der Waals surface area contributed by atoms with E-state index in [0.29, 0.717) is 16.1 Å². The molecule has 0 aliphatic heterocycles. The number of nitrogens with zero attached hydrogens (tertiary/aromatic N) is 1. The Balaban J connectivity index is 2.66. The van der Waals surface area contributed by atoms with Crippen molar-refractivity contribution in [3.63, 3.8) is 0 Å². The predicted octanol–water partition coefficient (Wildman–Crippen LogP) is 4.67. The maximum atomic E-state index is 5.93. The number of hydrogen-bond acceptors (Lipinski definition) is 1. The van der Waals surface area contributed by atoms with Crippen LogP contribution in [0.25, 0.3) is 10.9 Å². The van der Waals surface area contributed by atoms with E-state index in [-0.39, 0.29) is 0 Å².